The number of aliphatic hydroxyl groups is 1. The summed E-state index contributed by atoms with van der Waals surface area (Å²) in [5, 5.41) is 27.8. The first kappa shape index (κ1) is 41.5. The SMILES string of the molecule is CC(C)(C(=O)OCCCCNCC(O)c1ccc(O)c2[nH]c(=O)ccc12)c1ccc(COc2cccc(C(NC(=O)OC3CN4CCC3CC4)c3ccccc3)c2)cc1. The molecule has 12 nitrogen and oxygen atoms in total. The van der Waals surface area contributed by atoms with E-state index in [1.807, 2.05) is 92.7 Å². The van der Waals surface area contributed by atoms with Crippen LogP contribution in [0.3, 0.4) is 0 Å². The number of aromatic amines is 1. The number of unbranched alkanes of at least 4 members (excludes halogenated alkanes) is 1. The summed E-state index contributed by atoms with van der Waals surface area (Å²) < 4.78 is 17.9. The molecule has 2 bridgehead atoms. The molecule has 5 aromatic rings. The van der Waals surface area contributed by atoms with Crippen molar-refractivity contribution in [2.75, 3.05) is 39.3 Å². The van der Waals surface area contributed by atoms with Crippen molar-refractivity contribution in [1.29, 1.82) is 0 Å². The molecule has 310 valence electrons. The molecule has 1 amide bonds. The van der Waals surface area contributed by atoms with E-state index in [1.165, 1.54) is 12.1 Å². The fourth-order valence-corrected chi connectivity index (χ4v) is 8.02. The molecule has 0 radical (unpaired) electrons. The van der Waals surface area contributed by atoms with Crippen LogP contribution in [0.25, 0.3) is 10.9 Å². The van der Waals surface area contributed by atoms with Crippen LogP contribution in [0.5, 0.6) is 11.5 Å². The van der Waals surface area contributed by atoms with Gasteiger partial charge in [0.15, 0.2) is 0 Å². The molecule has 3 fully saturated rings. The van der Waals surface area contributed by atoms with Gasteiger partial charge < -0.3 is 40.0 Å². The predicted molar refractivity (Wildman–Crippen MR) is 225 cm³/mol. The van der Waals surface area contributed by atoms with Gasteiger partial charge in [-0.15, -0.1) is 0 Å². The van der Waals surface area contributed by atoms with Gasteiger partial charge in [-0.05, 0) is 117 Å². The van der Waals surface area contributed by atoms with Crippen molar-refractivity contribution >= 4 is 23.0 Å². The number of aromatic nitrogens is 1. The lowest BCUT2D eigenvalue weighted by atomic mass is 9.84. The minimum atomic E-state index is -0.859. The van der Waals surface area contributed by atoms with Crippen molar-refractivity contribution in [2.24, 2.45) is 5.92 Å². The van der Waals surface area contributed by atoms with Gasteiger partial charge in [0.25, 0.3) is 0 Å². The van der Waals surface area contributed by atoms with E-state index in [9.17, 15) is 24.6 Å². The molecule has 3 atom stereocenters. The molecule has 3 aliphatic rings. The average Bonchev–Trinajstić information content (AvgIpc) is 3.25. The van der Waals surface area contributed by atoms with Crippen molar-refractivity contribution in [3.63, 3.8) is 0 Å². The molecule has 8 rings (SSSR count). The van der Waals surface area contributed by atoms with Crippen LogP contribution in [-0.2, 0) is 26.3 Å². The summed E-state index contributed by atoms with van der Waals surface area (Å²) in [6.45, 7) is 8.13. The van der Waals surface area contributed by atoms with E-state index < -0.39 is 23.7 Å². The Morgan fingerprint density at radius 3 is 2.42 bits per heavy atom. The minimum Gasteiger partial charge on any atom is -0.506 e. The normalized spacial score (nSPS) is 18.5. The number of hydrogen-bond donors (Lipinski definition) is 5. The summed E-state index contributed by atoms with van der Waals surface area (Å²) >= 11 is 0. The van der Waals surface area contributed by atoms with E-state index in [-0.39, 0.29) is 36.5 Å². The largest absolute Gasteiger partial charge is 0.506 e. The Morgan fingerprint density at radius 2 is 1.68 bits per heavy atom. The molecule has 0 spiro atoms. The molecule has 3 aliphatic heterocycles. The van der Waals surface area contributed by atoms with Crippen molar-refractivity contribution < 1.29 is 34.0 Å². The Kier molecular flexibility index (Phi) is 13.3. The van der Waals surface area contributed by atoms with E-state index in [1.54, 1.807) is 12.1 Å². The number of fused-ring (bicyclic) bond motifs is 4. The highest BCUT2D eigenvalue weighted by Crippen LogP contribution is 2.32. The number of alkyl carbamates (subject to hydrolysis) is 1. The first-order valence-corrected chi connectivity index (χ1v) is 20.5. The van der Waals surface area contributed by atoms with Crippen LogP contribution in [0.15, 0.2) is 108 Å². The Morgan fingerprint density at radius 1 is 0.915 bits per heavy atom. The van der Waals surface area contributed by atoms with E-state index in [2.05, 4.69) is 20.5 Å². The average molecular weight is 803 g/mol. The summed E-state index contributed by atoms with van der Waals surface area (Å²) in [5.74, 6) is 0.722. The minimum absolute atomic E-state index is 0.0528. The number of phenols is 1. The molecule has 4 aromatic carbocycles. The van der Waals surface area contributed by atoms with Gasteiger partial charge in [-0.3, -0.25) is 14.5 Å². The number of aromatic hydroxyl groups is 1. The number of rotatable bonds is 17. The quantitative estimate of drug-likeness (QED) is 0.0509. The van der Waals surface area contributed by atoms with Gasteiger partial charge in [-0.2, -0.15) is 0 Å². The van der Waals surface area contributed by atoms with Crippen LogP contribution in [-0.4, -0.2) is 77.6 Å². The Hall–Kier alpha value is -5.69. The summed E-state index contributed by atoms with van der Waals surface area (Å²) in [5.41, 5.74) is 3.30. The molecule has 0 saturated carbocycles. The van der Waals surface area contributed by atoms with E-state index >= 15 is 0 Å². The first-order chi connectivity index (χ1) is 28.5. The number of H-pyrrole nitrogens is 1. The van der Waals surface area contributed by atoms with Gasteiger partial charge in [0.2, 0.25) is 5.56 Å². The monoisotopic (exact) mass is 802 g/mol. The van der Waals surface area contributed by atoms with E-state index in [0.29, 0.717) is 47.7 Å². The van der Waals surface area contributed by atoms with Gasteiger partial charge in [0, 0.05) is 24.5 Å². The molecule has 3 saturated heterocycles. The van der Waals surface area contributed by atoms with Crippen LogP contribution in [0.2, 0.25) is 0 Å². The lowest BCUT2D eigenvalue weighted by Crippen LogP contribution is -2.52. The van der Waals surface area contributed by atoms with Gasteiger partial charge in [-0.25, -0.2) is 4.79 Å². The number of nitrogens with one attached hydrogen (secondary N) is 3. The number of ether oxygens (including phenoxy) is 3. The molecule has 3 unspecified atom stereocenters. The van der Waals surface area contributed by atoms with Crippen LogP contribution >= 0.6 is 0 Å². The number of esters is 1. The number of phenolic OH excluding ortho intramolecular Hbond substituents is 1. The number of benzene rings is 4. The maximum atomic E-state index is 13.2. The summed E-state index contributed by atoms with van der Waals surface area (Å²) in [6.07, 6.45) is 2.17. The third-order valence-corrected chi connectivity index (χ3v) is 11.6. The van der Waals surface area contributed by atoms with Crippen molar-refractivity contribution in [3.8, 4) is 11.5 Å². The number of pyridine rings is 1. The number of nitrogens with zero attached hydrogens (tertiary/aromatic N) is 1. The number of carbonyl (C=O) groups excluding carboxylic acids is 2. The van der Waals surface area contributed by atoms with Crippen LogP contribution in [0.4, 0.5) is 4.79 Å². The topological polar surface area (TPSA) is 162 Å². The standard InChI is InChI=1S/C47H54N4O8/c1-47(2,45(55)57-26-7-6-23-48-28-40(53)37-17-19-39(52)44-38(37)18-20-42(54)49-44)35-15-13-31(14-16-35)30-58-36-12-8-11-34(27-36)43(33-9-4-3-5-10-33)50-46(56)59-41-29-51-24-21-32(41)22-25-51/h3-5,8-20,27,32,40-41,43,48,52-53H,6-7,21-26,28-30H2,1-2H3,(H,49,54)(H,50,56). The van der Waals surface area contributed by atoms with Gasteiger partial charge in [0.1, 0.15) is 24.2 Å². The zero-order valence-corrected chi connectivity index (χ0v) is 33.7. The first-order valence-electron chi connectivity index (χ1n) is 20.5. The number of piperidine rings is 3. The fourth-order valence-electron chi connectivity index (χ4n) is 8.02. The van der Waals surface area contributed by atoms with Crippen LogP contribution in [0, 0.1) is 5.92 Å². The molecular weight excluding hydrogens is 749 g/mol. The van der Waals surface area contributed by atoms with Crippen molar-refractivity contribution in [1.82, 2.24) is 20.5 Å². The third-order valence-electron chi connectivity index (χ3n) is 11.6. The Balaban J connectivity index is 0.859. The van der Waals surface area contributed by atoms with Crippen molar-refractivity contribution in [3.05, 3.63) is 141 Å². The number of aliphatic hydroxyl groups excluding tert-OH is 1. The lowest BCUT2D eigenvalue weighted by molar-refractivity contribution is -0.149. The second kappa shape index (κ2) is 18.9. The second-order valence-corrected chi connectivity index (χ2v) is 16.1. The Bertz CT molecular complexity index is 2250. The third kappa shape index (κ3) is 10.3. The van der Waals surface area contributed by atoms with Gasteiger partial charge in [-0.1, -0.05) is 72.8 Å². The second-order valence-electron chi connectivity index (χ2n) is 16.1. The molecule has 0 aliphatic carbocycles. The molecule has 5 N–H and O–H groups in total. The summed E-state index contributed by atoms with van der Waals surface area (Å²) in [6, 6.07) is 31.0. The maximum Gasteiger partial charge on any atom is 0.408 e. The Labute approximate surface area is 344 Å². The number of amides is 1. The molecule has 59 heavy (non-hydrogen) atoms. The van der Waals surface area contributed by atoms with E-state index in [0.717, 1.165) is 61.2 Å². The highest BCUT2D eigenvalue weighted by molar-refractivity contribution is 5.87. The van der Waals surface area contributed by atoms with Gasteiger partial charge in [0.05, 0.1) is 29.7 Å². The predicted octanol–water partition coefficient (Wildman–Crippen LogP) is 6.65. The van der Waals surface area contributed by atoms with E-state index in [4.69, 9.17) is 14.2 Å². The highest BCUT2D eigenvalue weighted by Gasteiger charge is 2.37. The molecule has 1 aromatic heterocycles. The highest BCUT2D eigenvalue weighted by atomic mass is 16.6. The molecule has 4 heterocycles. The zero-order chi connectivity index (χ0) is 41.4. The summed E-state index contributed by atoms with van der Waals surface area (Å²) in [7, 11) is 0. The zero-order valence-electron chi connectivity index (χ0n) is 33.7. The molecule has 12 heteroatoms. The van der Waals surface area contributed by atoms with Crippen LogP contribution < -0.4 is 20.9 Å². The van der Waals surface area contributed by atoms with Crippen LogP contribution in [0.1, 0.15) is 79.5 Å². The number of carbonyl (C=O) groups is 2. The maximum absolute atomic E-state index is 13.2. The van der Waals surface area contributed by atoms with Gasteiger partial charge >= 0.3 is 12.1 Å². The number of hydrogen-bond acceptors (Lipinski definition) is 10. The van der Waals surface area contributed by atoms with Crippen molar-refractivity contribution in [2.45, 2.75) is 69.8 Å². The summed E-state index contributed by atoms with van der Waals surface area (Å²) in [4.78, 5) is 43.1. The smallest absolute Gasteiger partial charge is 0.408 e. The molecular formula is C47H54N4O8. The fraction of sp³-hybridized carbons (Fsp3) is 0.383. The lowest BCUT2D eigenvalue weighted by Gasteiger charge is -2.43.